The van der Waals surface area contributed by atoms with Gasteiger partial charge in [-0.15, -0.1) is 0 Å². The molecule has 19 heavy (non-hydrogen) atoms. The van der Waals surface area contributed by atoms with E-state index in [1.807, 2.05) is 6.92 Å². The molecule has 0 saturated heterocycles. The van der Waals surface area contributed by atoms with E-state index in [0.29, 0.717) is 11.3 Å². The Balaban J connectivity index is 2.69. The van der Waals surface area contributed by atoms with Crippen molar-refractivity contribution in [1.82, 2.24) is 0 Å². The fourth-order valence-corrected chi connectivity index (χ4v) is 2.86. The number of nitrogens with zero attached hydrogens (tertiary/aromatic N) is 1. The monoisotopic (exact) mass is 263 g/mol. The Morgan fingerprint density at radius 2 is 2.21 bits per heavy atom. The Kier molecular flexibility index (Phi) is 3.72. The molecule has 0 spiro atoms. The zero-order valence-electron chi connectivity index (χ0n) is 11.5. The highest BCUT2D eigenvalue weighted by molar-refractivity contribution is 5.51. The minimum absolute atomic E-state index is 0.309. The number of hydrogen-bond acceptors (Lipinski definition) is 3. The van der Waals surface area contributed by atoms with Gasteiger partial charge in [0.15, 0.2) is 0 Å². The van der Waals surface area contributed by atoms with E-state index < -0.39 is 5.54 Å². The molecule has 0 bridgehead atoms. The van der Waals surface area contributed by atoms with Crippen LogP contribution >= 0.6 is 0 Å². The fourth-order valence-electron chi connectivity index (χ4n) is 2.86. The van der Waals surface area contributed by atoms with E-state index in [-0.39, 0.29) is 5.82 Å². The summed E-state index contributed by atoms with van der Waals surface area (Å²) in [5, 5.41) is 0. The molecule has 1 aliphatic carbocycles. The molecule has 0 aromatic heterocycles. The quantitative estimate of drug-likeness (QED) is 0.616. The van der Waals surface area contributed by atoms with Gasteiger partial charge < -0.3 is 4.74 Å². The van der Waals surface area contributed by atoms with Gasteiger partial charge in [0.05, 0.1) is 12.6 Å². The van der Waals surface area contributed by atoms with Gasteiger partial charge in [0.2, 0.25) is 6.08 Å². The molecule has 1 aromatic rings. The summed E-state index contributed by atoms with van der Waals surface area (Å²) in [6.07, 6.45) is 4.88. The second-order valence-corrected chi connectivity index (χ2v) is 4.98. The van der Waals surface area contributed by atoms with Crippen molar-refractivity contribution in [2.45, 2.75) is 45.1 Å². The standard InChI is InChI=1S/C15H18FNO2/c1-4-11-12(15(17-9-18)6-5-7-15)8-13(16)10(2)14(11)19-3/h8H,4-7H2,1-3H3. The normalized spacial score (nSPS) is 16.4. The molecule has 4 heteroatoms. The summed E-state index contributed by atoms with van der Waals surface area (Å²) in [7, 11) is 1.54. The maximum absolute atomic E-state index is 14.1. The van der Waals surface area contributed by atoms with Gasteiger partial charge in [-0.05, 0) is 49.8 Å². The van der Waals surface area contributed by atoms with Crippen molar-refractivity contribution in [3.63, 3.8) is 0 Å². The molecule has 3 nitrogen and oxygen atoms in total. The predicted molar refractivity (Wildman–Crippen MR) is 70.7 cm³/mol. The lowest BCUT2D eigenvalue weighted by atomic mass is 9.70. The molecule has 1 fully saturated rings. The van der Waals surface area contributed by atoms with E-state index in [2.05, 4.69) is 4.99 Å². The van der Waals surface area contributed by atoms with Crippen LogP contribution < -0.4 is 4.74 Å². The van der Waals surface area contributed by atoms with Gasteiger partial charge in [-0.2, -0.15) is 4.99 Å². The second-order valence-electron chi connectivity index (χ2n) is 4.98. The van der Waals surface area contributed by atoms with E-state index in [0.717, 1.165) is 36.8 Å². The van der Waals surface area contributed by atoms with Crippen LogP contribution in [-0.2, 0) is 16.8 Å². The van der Waals surface area contributed by atoms with Crippen LogP contribution in [-0.4, -0.2) is 13.2 Å². The topological polar surface area (TPSA) is 38.7 Å². The maximum atomic E-state index is 14.1. The zero-order chi connectivity index (χ0) is 14.0. The molecule has 1 saturated carbocycles. The van der Waals surface area contributed by atoms with Crippen molar-refractivity contribution in [2.24, 2.45) is 4.99 Å². The van der Waals surface area contributed by atoms with Crippen LogP contribution in [0, 0.1) is 12.7 Å². The number of methoxy groups -OCH3 is 1. The molecular weight excluding hydrogens is 245 g/mol. The van der Waals surface area contributed by atoms with Crippen molar-refractivity contribution in [3.8, 4) is 5.75 Å². The highest BCUT2D eigenvalue weighted by Gasteiger charge is 2.41. The van der Waals surface area contributed by atoms with Gasteiger partial charge >= 0.3 is 0 Å². The molecule has 1 aliphatic rings. The van der Waals surface area contributed by atoms with Crippen LogP contribution in [0.25, 0.3) is 0 Å². The van der Waals surface area contributed by atoms with Crippen LogP contribution in [0.2, 0.25) is 0 Å². The molecule has 0 N–H and O–H groups in total. The average Bonchev–Trinajstić information content (AvgIpc) is 2.36. The Hall–Kier alpha value is -1.67. The number of aliphatic imine (C=N–C) groups is 1. The number of ether oxygens (including phenoxy) is 1. The van der Waals surface area contributed by atoms with Crippen LogP contribution in [0.15, 0.2) is 11.1 Å². The number of hydrogen-bond donors (Lipinski definition) is 0. The molecule has 0 unspecified atom stereocenters. The van der Waals surface area contributed by atoms with E-state index >= 15 is 0 Å². The van der Waals surface area contributed by atoms with Crippen molar-refractivity contribution in [3.05, 3.63) is 28.6 Å². The molecule has 1 aromatic carbocycles. The first-order valence-electron chi connectivity index (χ1n) is 6.55. The number of isocyanates is 1. The number of benzene rings is 1. The van der Waals surface area contributed by atoms with Crippen LogP contribution in [0.1, 0.15) is 42.9 Å². The Morgan fingerprint density at radius 3 is 2.63 bits per heavy atom. The van der Waals surface area contributed by atoms with E-state index in [4.69, 9.17) is 4.74 Å². The smallest absolute Gasteiger partial charge is 0.235 e. The minimum atomic E-state index is -0.588. The molecular formula is C15H18FNO2. The summed E-state index contributed by atoms with van der Waals surface area (Å²) in [6.45, 7) is 3.70. The van der Waals surface area contributed by atoms with Crippen LogP contribution in [0.5, 0.6) is 5.75 Å². The second kappa shape index (κ2) is 5.14. The molecule has 0 radical (unpaired) electrons. The third kappa shape index (κ3) is 2.06. The van der Waals surface area contributed by atoms with Gasteiger partial charge in [-0.25, -0.2) is 9.18 Å². The first-order valence-corrected chi connectivity index (χ1v) is 6.55. The number of rotatable bonds is 4. The summed E-state index contributed by atoms with van der Waals surface area (Å²) in [6, 6.07) is 1.51. The summed E-state index contributed by atoms with van der Waals surface area (Å²) in [4.78, 5) is 14.6. The Morgan fingerprint density at radius 1 is 1.53 bits per heavy atom. The largest absolute Gasteiger partial charge is 0.496 e. The third-order valence-electron chi connectivity index (χ3n) is 4.07. The van der Waals surface area contributed by atoms with Gasteiger partial charge in [0.25, 0.3) is 0 Å². The van der Waals surface area contributed by atoms with E-state index in [1.165, 1.54) is 6.07 Å². The first-order chi connectivity index (χ1) is 9.09. The zero-order valence-corrected chi connectivity index (χ0v) is 11.5. The number of halogens is 1. The average molecular weight is 263 g/mol. The molecule has 0 atom stereocenters. The first kappa shape index (κ1) is 13.8. The molecule has 0 heterocycles. The van der Waals surface area contributed by atoms with Crippen molar-refractivity contribution in [2.75, 3.05) is 7.11 Å². The summed E-state index contributed by atoms with van der Waals surface area (Å²) in [5.74, 6) is 0.265. The number of carbonyl (C=O) groups excluding carboxylic acids is 1. The van der Waals surface area contributed by atoms with Crippen LogP contribution in [0.4, 0.5) is 4.39 Å². The lowest BCUT2D eigenvalue weighted by molar-refractivity contribution is 0.251. The Bertz CT molecular complexity index is 544. The highest BCUT2D eigenvalue weighted by Crippen LogP contribution is 2.48. The minimum Gasteiger partial charge on any atom is -0.496 e. The summed E-state index contributed by atoms with van der Waals surface area (Å²) < 4.78 is 19.4. The van der Waals surface area contributed by atoms with Crippen molar-refractivity contribution < 1.29 is 13.9 Å². The predicted octanol–water partition coefficient (Wildman–Crippen LogP) is 3.42. The lowest BCUT2D eigenvalue weighted by Gasteiger charge is -2.39. The van der Waals surface area contributed by atoms with Gasteiger partial charge in [0.1, 0.15) is 11.6 Å². The molecule has 102 valence electrons. The van der Waals surface area contributed by atoms with Crippen LogP contribution in [0.3, 0.4) is 0 Å². The van der Waals surface area contributed by atoms with Gasteiger partial charge in [-0.3, -0.25) is 0 Å². The highest BCUT2D eigenvalue weighted by atomic mass is 19.1. The summed E-state index contributed by atoms with van der Waals surface area (Å²) >= 11 is 0. The van der Waals surface area contributed by atoms with Crippen molar-refractivity contribution >= 4 is 6.08 Å². The lowest BCUT2D eigenvalue weighted by Crippen LogP contribution is -2.33. The van der Waals surface area contributed by atoms with Gasteiger partial charge in [-0.1, -0.05) is 6.92 Å². The van der Waals surface area contributed by atoms with Crippen molar-refractivity contribution in [1.29, 1.82) is 0 Å². The molecule has 0 amide bonds. The van der Waals surface area contributed by atoms with Gasteiger partial charge in [0, 0.05) is 5.56 Å². The Labute approximate surface area is 112 Å². The fraction of sp³-hybridized carbons (Fsp3) is 0.533. The molecule has 2 rings (SSSR count). The van der Waals surface area contributed by atoms with E-state index in [9.17, 15) is 9.18 Å². The van der Waals surface area contributed by atoms with E-state index in [1.54, 1.807) is 20.1 Å². The third-order valence-corrected chi connectivity index (χ3v) is 4.07. The summed E-state index contributed by atoms with van der Waals surface area (Å²) in [5.41, 5.74) is 1.65. The molecule has 0 aliphatic heterocycles. The SMILES string of the molecule is CCc1c(C2(N=C=O)CCC2)cc(F)c(C)c1OC. The maximum Gasteiger partial charge on any atom is 0.235 e.